The van der Waals surface area contributed by atoms with Crippen LogP contribution in [0.2, 0.25) is 5.02 Å². The van der Waals surface area contributed by atoms with E-state index in [0.717, 1.165) is 108 Å². The van der Waals surface area contributed by atoms with Crippen LogP contribution in [0.25, 0.3) is 11.1 Å². The Kier molecular flexibility index (Phi) is 13.7. The van der Waals surface area contributed by atoms with Gasteiger partial charge in [-0.05, 0) is 110 Å². The number of halogens is 1. The molecule has 0 aromatic heterocycles. The maximum absolute atomic E-state index is 13.3. The zero-order chi connectivity index (χ0) is 37.0. The van der Waals surface area contributed by atoms with Gasteiger partial charge >= 0.3 is 5.97 Å². The van der Waals surface area contributed by atoms with Gasteiger partial charge in [0.2, 0.25) is 0 Å². The van der Waals surface area contributed by atoms with Crippen LogP contribution in [0.1, 0.15) is 93.7 Å². The first-order valence-corrected chi connectivity index (χ1v) is 19.6. The lowest BCUT2D eigenvalue weighted by Gasteiger charge is -2.20. The molecular formula is C45H51ClO7. The van der Waals surface area contributed by atoms with Crippen molar-refractivity contribution in [3.63, 3.8) is 0 Å². The summed E-state index contributed by atoms with van der Waals surface area (Å²) in [6, 6.07) is 16.0. The minimum absolute atomic E-state index is 0.161. The molecule has 280 valence electrons. The summed E-state index contributed by atoms with van der Waals surface area (Å²) in [5.74, 6) is 1.81. The van der Waals surface area contributed by atoms with Gasteiger partial charge in [0, 0.05) is 18.1 Å². The number of aliphatic carboxylic acids is 1. The molecule has 0 radical (unpaired) electrons. The van der Waals surface area contributed by atoms with Crippen LogP contribution in [-0.4, -0.2) is 36.7 Å². The summed E-state index contributed by atoms with van der Waals surface area (Å²) in [6.45, 7) is 3.77. The average Bonchev–Trinajstić information content (AvgIpc) is 3.14. The molecule has 3 aromatic carbocycles. The standard InChI is InChI=1S/C45H51ClO7/c1-31-37(18-12-19-38(31)34-21-22-41-44(27-34)51-24-23-50-41)30-53-43-28-42-36(26-39(43)46)17-11-10-15-33(45(48)49)14-7-3-2-4-9-20-40(47)35-16-8-5-6-13-32(25-35)29-52-42/h6,12-13,16,18-19,21-22,25-28,33H,2-5,7-11,14-15,17,20,23-24,29-30H2,1H3,(H,48,49)/b13-6-,32-25+,35-16-/t33-/m1/s1. The molecule has 1 N–H and O–H groups in total. The summed E-state index contributed by atoms with van der Waals surface area (Å²) in [5.41, 5.74) is 6.88. The molecule has 8 heteroatoms. The fraction of sp³-hybridized carbons (Fsp3) is 0.422. The summed E-state index contributed by atoms with van der Waals surface area (Å²) >= 11 is 6.89. The molecule has 1 aliphatic carbocycles. The molecule has 0 fully saturated rings. The number of carbonyl (C=O) groups is 2. The average molecular weight is 739 g/mol. The topological polar surface area (TPSA) is 91.3 Å². The number of ketones is 1. The van der Waals surface area contributed by atoms with Gasteiger partial charge in [-0.2, -0.15) is 0 Å². The number of allylic oxidation sites excluding steroid dienone is 4. The smallest absolute Gasteiger partial charge is 0.306 e. The number of carboxylic acids is 1. The predicted octanol–water partition coefficient (Wildman–Crippen LogP) is 11.0. The van der Waals surface area contributed by atoms with Crippen molar-refractivity contribution in [3.8, 4) is 34.1 Å². The molecule has 0 saturated carbocycles. The Morgan fingerprint density at radius 2 is 1.64 bits per heavy atom. The highest BCUT2D eigenvalue weighted by molar-refractivity contribution is 6.32. The number of rotatable bonds is 5. The first-order chi connectivity index (χ1) is 25.9. The van der Waals surface area contributed by atoms with E-state index in [1.165, 1.54) is 0 Å². The second-order valence-electron chi connectivity index (χ2n) is 14.3. The fourth-order valence-electron chi connectivity index (χ4n) is 7.31. The Morgan fingerprint density at radius 3 is 2.49 bits per heavy atom. The number of hydrogen-bond donors (Lipinski definition) is 1. The number of carbonyl (C=O) groups excluding carboxylic acids is 1. The minimum Gasteiger partial charge on any atom is -0.488 e. The van der Waals surface area contributed by atoms with Gasteiger partial charge in [-0.15, -0.1) is 0 Å². The third-order valence-electron chi connectivity index (χ3n) is 10.4. The quantitative estimate of drug-likeness (QED) is 0.279. The molecule has 2 aliphatic heterocycles. The van der Waals surface area contributed by atoms with Crippen LogP contribution in [0.4, 0.5) is 0 Å². The molecule has 6 rings (SSSR count). The van der Waals surface area contributed by atoms with Gasteiger partial charge < -0.3 is 24.1 Å². The lowest BCUT2D eigenvalue weighted by molar-refractivity contribution is -0.142. The largest absolute Gasteiger partial charge is 0.488 e. The van der Waals surface area contributed by atoms with Crippen LogP contribution in [0.5, 0.6) is 23.0 Å². The third kappa shape index (κ3) is 10.6. The van der Waals surface area contributed by atoms with Gasteiger partial charge in [-0.3, -0.25) is 9.59 Å². The monoisotopic (exact) mass is 738 g/mol. The normalized spacial score (nSPS) is 21.5. The molecule has 2 heterocycles. The molecule has 53 heavy (non-hydrogen) atoms. The van der Waals surface area contributed by atoms with E-state index in [-0.39, 0.29) is 18.3 Å². The van der Waals surface area contributed by atoms with Crippen LogP contribution < -0.4 is 18.9 Å². The second-order valence-corrected chi connectivity index (χ2v) is 14.7. The molecule has 3 aromatic rings. The summed E-state index contributed by atoms with van der Waals surface area (Å²) in [7, 11) is 0. The zero-order valence-electron chi connectivity index (χ0n) is 30.8. The van der Waals surface area contributed by atoms with Gasteiger partial charge in [0.1, 0.15) is 37.9 Å². The number of fused-ring (bicyclic) bond motifs is 3. The Hall–Kier alpha value is -4.49. The Balaban J connectivity index is 1.23. The van der Waals surface area contributed by atoms with E-state index in [0.29, 0.717) is 62.0 Å². The van der Waals surface area contributed by atoms with E-state index < -0.39 is 5.97 Å². The predicted molar refractivity (Wildman–Crippen MR) is 209 cm³/mol. The first kappa shape index (κ1) is 38.2. The lowest BCUT2D eigenvalue weighted by Crippen LogP contribution is -2.15. The molecule has 0 saturated heterocycles. The zero-order valence-corrected chi connectivity index (χ0v) is 31.6. The van der Waals surface area contributed by atoms with Crippen molar-refractivity contribution in [2.24, 2.45) is 5.92 Å². The molecule has 0 unspecified atom stereocenters. The van der Waals surface area contributed by atoms with E-state index in [1.807, 2.05) is 42.5 Å². The second kappa shape index (κ2) is 19.0. The highest BCUT2D eigenvalue weighted by atomic mass is 35.5. The SMILES string of the molecule is Cc1c(COc2cc3c(cc2Cl)CCCC[C@H](C(=O)O)CCCCCCCC(=O)C2=C\CC\C=C/C(=C\2)CO3)cccc1-c1ccc2c(c1)OCCO2. The molecule has 0 spiro atoms. The summed E-state index contributed by atoms with van der Waals surface area (Å²) in [6.07, 6.45) is 18.8. The van der Waals surface area contributed by atoms with Crippen LogP contribution in [0.15, 0.2) is 84.0 Å². The molecule has 1 atom stereocenters. The van der Waals surface area contributed by atoms with Crippen molar-refractivity contribution < 1.29 is 33.6 Å². The molecule has 2 bridgehead atoms. The Labute approximate surface area is 318 Å². The number of Topliss-reactive ketones (excluding diaryl/α,β-unsaturated/α-hetero) is 1. The maximum Gasteiger partial charge on any atom is 0.306 e. The number of benzene rings is 3. The Morgan fingerprint density at radius 1 is 0.868 bits per heavy atom. The van der Waals surface area contributed by atoms with E-state index >= 15 is 0 Å². The first-order valence-electron chi connectivity index (χ1n) is 19.3. The molecular weight excluding hydrogens is 688 g/mol. The van der Waals surface area contributed by atoms with Gasteiger partial charge in [0.15, 0.2) is 17.3 Å². The van der Waals surface area contributed by atoms with E-state index in [1.54, 1.807) is 0 Å². The molecule has 0 amide bonds. The van der Waals surface area contributed by atoms with Crippen LogP contribution in [0, 0.1) is 12.8 Å². The van der Waals surface area contributed by atoms with Gasteiger partial charge in [0.25, 0.3) is 0 Å². The molecule has 7 nitrogen and oxygen atoms in total. The summed E-state index contributed by atoms with van der Waals surface area (Å²) < 4.78 is 24.5. The number of hydrogen-bond acceptors (Lipinski definition) is 6. The minimum atomic E-state index is -0.716. The van der Waals surface area contributed by atoms with Crippen molar-refractivity contribution in [1.29, 1.82) is 0 Å². The fourth-order valence-corrected chi connectivity index (χ4v) is 7.55. The van der Waals surface area contributed by atoms with Crippen LogP contribution in [-0.2, 0) is 22.6 Å². The van der Waals surface area contributed by atoms with Crippen LogP contribution in [0.3, 0.4) is 0 Å². The van der Waals surface area contributed by atoms with Crippen molar-refractivity contribution in [1.82, 2.24) is 0 Å². The van der Waals surface area contributed by atoms with Gasteiger partial charge in [-0.1, -0.05) is 86.2 Å². The van der Waals surface area contributed by atoms with Crippen molar-refractivity contribution in [3.05, 3.63) is 106 Å². The highest BCUT2D eigenvalue weighted by Crippen LogP contribution is 2.38. The van der Waals surface area contributed by atoms with Gasteiger partial charge in [-0.25, -0.2) is 0 Å². The van der Waals surface area contributed by atoms with E-state index in [9.17, 15) is 14.7 Å². The number of aryl methyl sites for hydroxylation is 1. The van der Waals surface area contributed by atoms with E-state index in [2.05, 4.69) is 37.3 Å². The number of ether oxygens (including phenoxy) is 4. The highest BCUT2D eigenvalue weighted by Gasteiger charge is 2.19. The summed E-state index contributed by atoms with van der Waals surface area (Å²) in [5, 5.41) is 10.4. The summed E-state index contributed by atoms with van der Waals surface area (Å²) in [4.78, 5) is 25.3. The van der Waals surface area contributed by atoms with Crippen molar-refractivity contribution in [2.75, 3.05) is 19.8 Å². The third-order valence-corrected chi connectivity index (χ3v) is 10.7. The van der Waals surface area contributed by atoms with E-state index in [4.69, 9.17) is 30.5 Å². The number of carboxylic acid groups (broad SMARTS) is 1. The Bertz CT molecular complexity index is 1860. The molecule has 3 aliphatic rings. The lowest BCUT2D eigenvalue weighted by atomic mass is 9.93. The van der Waals surface area contributed by atoms with Crippen LogP contribution >= 0.6 is 11.6 Å². The van der Waals surface area contributed by atoms with Crippen molar-refractivity contribution >= 4 is 23.4 Å². The van der Waals surface area contributed by atoms with Gasteiger partial charge in [0.05, 0.1) is 10.9 Å². The van der Waals surface area contributed by atoms with Crippen molar-refractivity contribution in [2.45, 2.75) is 97.0 Å². The maximum atomic E-state index is 13.3.